The van der Waals surface area contributed by atoms with E-state index in [1.165, 1.54) is 12.1 Å². The molecule has 0 radical (unpaired) electrons. The molecule has 1 heterocycles. The van der Waals surface area contributed by atoms with Gasteiger partial charge in [-0.1, -0.05) is 11.3 Å². The van der Waals surface area contributed by atoms with Crippen molar-refractivity contribution in [2.75, 3.05) is 13.2 Å². The largest absolute Gasteiger partial charge is 0.491 e. The zero-order valence-corrected chi connectivity index (χ0v) is 12.7. The minimum atomic E-state index is -1.02. The second-order valence-electron chi connectivity index (χ2n) is 4.72. The zero-order valence-electron chi connectivity index (χ0n) is 11.9. The first-order valence-electron chi connectivity index (χ1n) is 6.64. The molecule has 1 aromatic carbocycles. The van der Waals surface area contributed by atoms with Crippen LogP contribution in [0.2, 0.25) is 0 Å². The molecular weight excluding hydrogens is 330 g/mol. The molecule has 2 rings (SSSR count). The highest BCUT2D eigenvalue weighted by molar-refractivity contribution is 7.13. The van der Waals surface area contributed by atoms with Crippen LogP contribution >= 0.6 is 11.3 Å². The number of hydrogen-bond acceptors (Lipinski definition) is 6. The summed E-state index contributed by atoms with van der Waals surface area (Å²) in [6.45, 7) is 0.460. The van der Waals surface area contributed by atoms with Gasteiger partial charge >= 0.3 is 5.00 Å². The summed E-state index contributed by atoms with van der Waals surface area (Å²) >= 11 is 1.03. The Balaban J connectivity index is 1.71. The van der Waals surface area contributed by atoms with Crippen molar-refractivity contribution in [1.82, 2.24) is 5.32 Å². The highest BCUT2D eigenvalue weighted by Gasteiger charge is 2.11. The standard InChI is InChI=1S/C14H14F2N2O4S/c15-12-2-1-11(4-13(12)16)22-7-10(19)6-17-5-9-3-14(18(20)21)23-8-9/h1-4,8,10,17,19H,5-7H2. The zero-order chi connectivity index (χ0) is 16.8. The molecule has 0 aliphatic carbocycles. The number of benzene rings is 1. The molecule has 0 aliphatic heterocycles. The van der Waals surface area contributed by atoms with Crippen molar-refractivity contribution in [1.29, 1.82) is 0 Å². The van der Waals surface area contributed by atoms with Gasteiger partial charge in [-0.05, 0) is 17.7 Å². The third kappa shape index (κ3) is 5.23. The van der Waals surface area contributed by atoms with Crippen LogP contribution in [0.5, 0.6) is 5.75 Å². The van der Waals surface area contributed by atoms with E-state index in [4.69, 9.17) is 4.74 Å². The molecule has 124 valence electrons. The second kappa shape index (κ2) is 7.95. The van der Waals surface area contributed by atoms with Crippen molar-refractivity contribution in [3.05, 3.63) is 57.0 Å². The summed E-state index contributed by atoms with van der Waals surface area (Å²) in [5.41, 5.74) is 0.746. The summed E-state index contributed by atoms with van der Waals surface area (Å²) < 4.78 is 30.9. The van der Waals surface area contributed by atoms with Gasteiger partial charge in [-0.2, -0.15) is 0 Å². The average molecular weight is 344 g/mol. The highest BCUT2D eigenvalue weighted by Crippen LogP contribution is 2.22. The van der Waals surface area contributed by atoms with Crippen molar-refractivity contribution < 1.29 is 23.5 Å². The van der Waals surface area contributed by atoms with Crippen LogP contribution in [0.4, 0.5) is 13.8 Å². The lowest BCUT2D eigenvalue weighted by molar-refractivity contribution is -0.380. The predicted molar refractivity (Wildman–Crippen MR) is 80.5 cm³/mol. The number of aliphatic hydroxyl groups excluding tert-OH is 1. The fourth-order valence-electron chi connectivity index (χ4n) is 1.75. The maximum Gasteiger partial charge on any atom is 0.324 e. The molecule has 1 unspecified atom stereocenters. The first-order chi connectivity index (χ1) is 11.0. The van der Waals surface area contributed by atoms with E-state index in [0.717, 1.165) is 29.0 Å². The monoisotopic (exact) mass is 344 g/mol. The van der Waals surface area contributed by atoms with Gasteiger partial charge in [-0.15, -0.1) is 0 Å². The van der Waals surface area contributed by atoms with Crippen molar-refractivity contribution in [3.8, 4) is 5.75 Å². The van der Waals surface area contributed by atoms with Crippen LogP contribution in [0, 0.1) is 21.7 Å². The fourth-order valence-corrected chi connectivity index (χ4v) is 2.48. The first-order valence-corrected chi connectivity index (χ1v) is 7.52. The fraction of sp³-hybridized carbons (Fsp3) is 0.286. The predicted octanol–water partition coefficient (Wildman–Crippen LogP) is 2.46. The van der Waals surface area contributed by atoms with Gasteiger partial charge in [0.25, 0.3) is 0 Å². The molecular formula is C14H14F2N2O4S. The van der Waals surface area contributed by atoms with Crippen LogP contribution in [0.15, 0.2) is 29.6 Å². The summed E-state index contributed by atoms with van der Waals surface area (Å²) in [4.78, 5) is 10.1. The number of halogens is 2. The average Bonchev–Trinajstić information content (AvgIpc) is 2.97. The molecule has 2 aromatic rings. The van der Waals surface area contributed by atoms with Gasteiger partial charge in [0.1, 0.15) is 18.5 Å². The van der Waals surface area contributed by atoms with E-state index in [1.807, 2.05) is 0 Å². The van der Waals surface area contributed by atoms with E-state index >= 15 is 0 Å². The van der Waals surface area contributed by atoms with E-state index in [0.29, 0.717) is 6.54 Å². The number of ether oxygens (including phenoxy) is 1. The van der Waals surface area contributed by atoms with Crippen molar-refractivity contribution in [3.63, 3.8) is 0 Å². The summed E-state index contributed by atoms with van der Waals surface area (Å²) in [5.74, 6) is -1.87. The van der Waals surface area contributed by atoms with Crippen molar-refractivity contribution >= 4 is 16.3 Å². The first kappa shape index (κ1) is 17.3. The summed E-state index contributed by atoms with van der Waals surface area (Å²) in [7, 11) is 0. The summed E-state index contributed by atoms with van der Waals surface area (Å²) in [6, 6.07) is 4.57. The number of rotatable bonds is 8. The van der Waals surface area contributed by atoms with Gasteiger partial charge in [-0.3, -0.25) is 10.1 Å². The maximum absolute atomic E-state index is 13.0. The van der Waals surface area contributed by atoms with Crippen LogP contribution in [0.3, 0.4) is 0 Å². The summed E-state index contributed by atoms with van der Waals surface area (Å²) in [6.07, 6.45) is -0.864. The minimum Gasteiger partial charge on any atom is -0.491 e. The van der Waals surface area contributed by atoms with E-state index in [9.17, 15) is 24.0 Å². The van der Waals surface area contributed by atoms with Crippen LogP contribution in [-0.2, 0) is 6.54 Å². The molecule has 0 spiro atoms. The number of nitrogens with zero attached hydrogens (tertiary/aromatic N) is 1. The van der Waals surface area contributed by atoms with Crippen LogP contribution < -0.4 is 10.1 Å². The molecule has 9 heteroatoms. The van der Waals surface area contributed by atoms with E-state index in [1.54, 1.807) is 5.38 Å². The molecule has 0 saturated carbocycles. The summed E-state index contributed by atoms with van der Waals surface area (Å²) in [5, 5.41) is 24.9. The Bertz CT molecular complexity index is 681. The number of nitrogens with one attached hydrogen (secondary N) is 1. The van der Waals surface area contributed by atoms with Gasteiger partial charge in [0, 0.05) is 30.6 Å². The topological polar surface area (TPSA) is 84.6 Å². The molecule has 0 amide bonds. The van der Waals surface area contributed by atoms with E-state index < -0.39 is 22.7 Å². The van der Waals surface area contributed by atoms with Crippen LogP contribution in [0.1, 0.15) is 5.56 Å². The lowest BCUT2D eigenvalue weighted by atomic mass is 10.3. The SMILES string of the molecule is O=[N+]([O-])c1cc(CNCC(O)COc2ccc(F)c(F)c2)cs1. The molecule has 1 aromatic heterocycles. The van der Waals surface area contributed by atoms with Gasteiger partial charge in [0.05, 0.1) is 4.92 Å². The lowest BCUT2D eigenvalue weighted by Crippen LogP contribution is -2.31. The molecule has 1 atom stereocenters. The third-order valence-corrected chi connectivity index (χ3v) is 3.79. The Morgan fingerprint density at radius 3 is 2.78 bits per heavy atom. The minimum absolute atomic E-state index is 0.0593. The second-order valence-corrected chi connectivity index (χ2v) is 5.61. The molecule has 23 heavy (non-hydrogen) atoms. The van der Waals surface area contributed by atoms with Gasteiger partial charge in [0.15, 0.2) is 11.6 Å². The number of aliphatic hydroxyl groups is 1. The van der Waals surface area contributed by atoms with Crippen molar-refractivity contribution in [2.45, 2.75) is 12.6 Å². The molecule has 0 bridgehead atoms. The maximum atomic E-state index is 13.0. The van der Waals surface area contributed by atoms with Gasteiger partial charge in [-0.25, -0.2) is 8.78 Å². The Morgan fingerprint density at radius 2 is 2.13 bits per heavy atom. The van der Waals surface area contributed by atoms with Crippen LogP contribution in [-0.4, -0.2) is 29.3 Å². The molecule has 2 N–H and O–H groups in total. The highest BCUT2D eigenvalue weighted by atomic mass is 32.1. The Hall–Kier alpha value is -2.10. The number of hydrogen-bond donors (Lipinski definition) is 2. The molecule has 0 saturated heterocycles. The number of nitro groups is 1. The Labute approximate surface area is 134 Å². The smallest absolute Gasteiger partial charge is 0.324 e. The van der Waals surface area contributed by atoms with Crippen LogP contribution in [0.25, 0.3) is 0 Å². The number of thiophene rings is 1. The Morgan fingerprint density at radius 1 is 1.35 bits per heavy atom. The third-order valence-electron chi connectivity index (χ3n) is 2.86. The molecule has 6 nitrogen and oxygen atoms in total. The normalized spacial score (nSPS) is 12.1. The van der Waals surface area contributed by atoms with E-state index in [2.05, 4.69) is 5.32 Å². The van der Waals surface area contributed by atoms with Crippen molar-refractivity contribution in [2.24, 2.45) is 0 Å². The Kier molecular flexibility index (Phi) is 5.97. The van der Waals surface area contributed by atoms with Gasteiger partial charge < -0.3 is 15.2 Å². The molecule has 0 aliphatic rings. The molecule has 0 fully saturated rings. The van der Waals surface area contributed by atoms with E-state index in [-0.39, 0.29) is 23.9 Å². The quantitative estimate of drug-likeness (QED) is 0.568. The van der Waals surface area contributed by atoms with Gasteiger partial charge in [0.2, 0.25) is 0 Å². The lowest BCUT2D eigenvalue weighted by Gasteiger charge is -2.13.